The summed E-state index contributed by atoms with van der Waals surface area (Å²) >= 11 is 0. The molecule has 3 nitrogen and oxygen atoms in total. The number of nitrogens with one attached hydrogen (secondary N) is 1. The predicted octanol–water partition coefficient (Wildman–Crippen LogP) is -0.527. The molecule has 0 aromatic heterocycles. The lowest BCUT2D eigenvalue weighted by molar-refractivity contribution is -0.117. The van der Waals surface area contributed by atoms with Gasteiger partial charge < -0.3 is 11.1 Å². The van der Waals surface area contributed by atoms with Crippen LogP contribution >= 0.6 is 0 Å². The zero-order valence-electron chi connectivity index (χ0n) is 6.05. The molecule has 1 unspecified atom stereocenters. The van der Waals surface area contributed by atoms with Gasteiger partial charge in [-0.15, -0.1) is 6.42 Å². The largest absolute Gasteiger partial charge is 0.370 e. The van der Waals surface area contributed by atoms with Crippen LogP contribution in [0.3, 0.4) is 0 Å². The van der Waals surface area contributed by atoms with Crippen molar-refractivity contribution in [3.63, 3.8) is 0 Å². The molecule has 0 aromatic carbocycles. The first-order valence-electron chi connectivity index (χ1n) is 3.14. The van der Waals surface area contributed by atoms with E-state index in [2.05, 4.69) is 11.2 Å². The van der Waals surface area contributed by atoms with Gasteiger partial charge >= 0.3 is 0 Å². The molecule has 56 valence electrons. The summed E-state index contributed by atoms with van der Waals surface area (Å²) in [4.78, 5) is 10.2. The fourth-order valence-corrected chi connectivity index (χ4v) is 0.471. The maximum atomic E-state index is 10.2. The fourth-order valence-electron chi connectivity index (χ4n) is 0.471. The molecule has 3 N–H and O–H groups in total. The van der Waals surface area contributed by atoms with E-state index in [1.807, 2.05) is 6.92 Å². The van der Waals surface area contributed by atoms with E-state index in [1.165, 1.54) is 0 Å². The van der Waals surface area contributed by atoms with Gasteiger partial charge in [-0.3, -0.25) is 4.79 Å². The van der Waals surface area contributed by atoms with Crippen molar-refractivity contribution in [2.75, 3.05) is 6.54 Å². The smallest absolute Gasteiger partial charge is 0.218 e. The van der Waals surface area contributed by atoms with Crippen LogP contribution in [0.5, 0.6) is 0 Å². The number of terminal acetylenes is 1. The summed E-state index contributed by atoms with van der Waals surface area (Å²) in [5.41, 5.74) is 4.89. The van der Waals surface area contributed by atoms with Crippen LogP contribution in [0.25, 0.3) is 0 Å². The first kappa shape index (κ1) is 8.99. The molecular formula is C7H12N2O. The van der Waals surface area contributed by atoms with Crippen molar-refractivity contribution < 1.29 is 4.79 Å². The van der Waals surface area contributed by atoms with E-state index in [9.17, 15) is 4.79 Å². The normalized spacial score (nSPS) is 12.0. The van der Waals surface area contributed by atoms with Crippen molar-refractivity contribution in [1.82, 2.24) is 5.32 Å². The zero-order chi connectivity index (χ0) is 7.98. The van der Waals surface area contributed by atoms with E-state index in [1.54, 1.807) is 0 Å². The number of hydrogen-bond acceptors (Lipinski definition) is 2. The lowest BCUT2D eigenvalue weighted by Crippen LogP contribution is -2.28. The predicted molar refractivity (Wildman–Crippen MR) is 40.1 cm³/mol. The van der Waals surface area contributed by atoms with E-state index in [-0.39, 0.29) is 11.9 Å². The number of carbonyl (C=O) groups excluding carboxylic acids is 1. The Balaban J connectivity index is 3.22. The van der Waals surface area contributed by atoms with Crippen LogP contribution in [0.2, 0.25) is 0 Å². The first-order valence-corrected chi connectivity index (χ1v) is 3.14. The van der Waals surface area contributed by atoms with Crippen LogP contribution in [0.1, 0.15) is 13.3 Å². The highest BCUT2D eigenvalue weighted by Crippen LogP contribution is 1.78. The quantitative estimate of drug-likeness (QED) is 0.516. The van der Waals surface area contributed by atoms with Crippen LogP contribution in [-0.2, 0) is 4.79 Å². The molecule has 0 rings (SSSR count). The Labute approximate surface area is 61.0 Å². The summed E-state index contributed by atoms with van der Waals surface area (Å²) in [6.07, 6.45) is 5.40. The average Bonchev–Trinajstić information content (AvgIpc) is 1.87. The maximum absolute atomic E-state index is 10.2. The van der Waals surface area contributed by atoms with Crippen molar-refractivity contribution >= 4 is 5.91 Å². The molecule has 1 atom stereocenters. The lowest BCUT2D eigenvalue weighted by atomic mass is 10.3. The van der Waals surface area contributed by atoms with Crippen LogP contribution in [0, 0.1) is 12.3 Å². The van der Waals surface area contributed by atoms with Gasteiger partial charge in [-0.25, -0.2) is 0 Å². The standard InChI is InChI=1S/C7H12N2O/c1-3-6(2)9-5-4-7(8)10/h1,6,9H,4-5H2,2H3,(H2,8,10). The molecule has 0 saturated heterocycles. The Kier molecular flexibility index (Phi) is 4.34. The van der Waals surface area contributed by atoms with Gasteiger partial charge in [0.25, 0.3) is 0 Å². The van der Waals surface area contributed by atoms with Crippen molar-refractivity contribution in [2.45, 2.75) is 19.4 Å². The third-order valence-electron chi connectivity index (χ3n) is 1.07. The molecule has 0 aliphatic carbocycles. The second-order valence-electron chi connectivity index (χ2n) is 2.06. The van der Waals surface area contributed by atoms with Crippen molar-refractivity contribution in [2.24, 2.45) is 5.73 Å². The molecule has 10 heavy (non-hydrogen) atoms. The van der Waals surface area contributed by atoms with Gasteiger partial charge in [0.05, 0.1) is 6.04 Å². The summed E-state index contributed by atoms with van der Waals surface area (Å²) < 4.78 is 0. The van der Waals surface area contributed by atoms with Crippen molar-refractivity contribution in [3.05, 3.63) is 0 Å². The second kappa shape index (κ2) is 4.83. The summed E-state index contributed by atoms with van der Waals surface area (Å²) in [6.45, 7) is 2.40. The molecule has 0 heterocycles. The van der Waals surface area contributed by atoms with E-state index in [4.69, 9.17) is 12.2 Å². The molecule has 0 saturated carbocycles. The summed E-state index contributed by atoms with van der Waals surface area (Å²) in [6, 6.07) is 0.0133. The molecular weight excluding hydrogens is 128 g/mol. The Morgan fingerprint density at radius 2 is 2.50 bits per heavy atom. The van der Waals surface area contributed by atoms with Crippen molar-refractivity contribution in [1.29, 1.82) is 0 Å². The zero-order valence-corrected chi connectivity index (χ0v) is 6.05. The number of carbonyl (C=O) groups is 1. The number of nitrogens with two attached hydrogens (primary N) is 1. The molecule has 0 radical (unpaired) electrons. The number of hydrogen-bond donors (Lipinski definition) is 2. The van der Waals surface area contributed by atoms with E-state index >= 15 is 0 Å². The van der Waals surface area contributed by atoms with Crippen molar-refractivity contribution in [3.8, 4) is 12.3 Å². The van der Waals surface area contributed by atoms with E-state index < -0.39 is 0 Å². The molecule has 0 fully saturated rings. The summed E-state index contributed by atoms with van der Waals surface area (Å²) in [5.74, 6) is 2.17. The molecule has 0 bridgehead atoms. The lowest BCUT2D eigenvalue weighted by Gasteiger charge is -2.04. The van der Waals surface area contributed by atoms with Gasteiger partial charge in [-0.1, -0.05) is 5.92 Å². The molecule has 0 aliphatic rings. The average molecular weight is 140 g/mol. The van der Waals surface area contributed by atoms with E-state index in [0.717, 1.165) is 0 Å². The molecule has 0 aromatic rings. The number of rotatable bonds is 4. The highest BCUT2D eigenvalue weighted by molar-refractivity contribution is 5.73. The monoisotopic (exact) mass is 140 g/mol. The Morgan fingerprint density at radius 1 is 1.90 bits per heavy atom. The molecule has 3 heteroatoms. The number of primary amides is 1. The van der Waals surface area contributed by atoms with Gasteiger partial charge in [-0.05, 0) is 6.92 Å². The van der Waals surface area contributed by atoms with Crippen LogP contribution < -0.4 is 11.1 Å². The summed E-state index contributed by atoms with van der Waals surface area (Å²) in [5, 5.41) is 2.93. The van der Waals surface area contributed by atoms with Crippen LogP contribution in [-0.4, -0.2) is 18.5 Å². The van der Waals surface area contributed by atoms with Crippen LogP contribution in [0.15, 0.2) is 0 Å². The minimum Gasteiger partial charge on any atom is -0.370 e. The van der Waals surface area contributed by atoms with Crippen LogP contribution in [0.4, 0.5) is 0 Å². The molecule has 0 aliphatic heterocycles. The van der Waals surface area contributed by atoms with Gasteiger partial charge in [0.2, 0.25) is 5.91 Å². The highest BCUT2D eigenvalue weighted by atomic mass is 16.1. The number of amides is 1. The molecule has 1 amide bonds. The van der Waals surface area contributed by atoms with Gasteiger partial charge in [-0.2, -0.15) is 0 Å². The van der Waals surface area contributed by atoms with Gasteiger partial charge in [0.15, 0.2) is 0 Å². The minimum atomic E-state index is -0.309. The Morgan fingerprint density at radius 3 is 2.90 bits per heavy atom. The first-order chi connectivity index (χ1) is 4.66. The Hall–Kier alpha value is -1.01. The Bertz CT molecular complexity index is 148. The topological polar surface area (TPSA) is 55.1 Å². The summed E-state index contributed by atoms with van der Waals surface area (Å²) in [7, 11) is 0. The maximum Gasteiger partial charge on any atom is 0.218 e. The third kappa shape index (κ3) is 5.13. The molecule has 0 spiro atoms. The van der Waals surface area contributed by atoms with Gasteiger partial charge in [0, 0.05) is 13.0 Å². The second-order valence-corrected chi connectivity index (χ2v) is 2.06. The third-order valence-corrected chi connectivity index (χ3v) is 1.07. The fraction of sp³-hybridized carbons (Fsp3) is 0.571. The SMILES string of the molecule is C#CC(C)NCCC(N)=O. The highest BCUT2D eigenvalue weighted by Gasteiger charge is 1.96. The van der Waals surface area contributed by atoms with Gasteiger partial charge in [0.1, 0.15) is 0 Å². The minimum absolute atomic E-state index is 0.0133. The van der Waals surface area contributed by atoms with E-state index in [0.29, 0.717) is 13.0 Å².